The van der Waals surface area contributed by atoms with E-state index in [4.69, 9.17) is 4.84 Å². The molecule has 2 amide bonds. The van der Waals surface area contributed by atoms with Crippen molar-refractivity contribution >= 4 is 28.8 Å². The van der Waals surface area contributed by atoms with E-state index >= 15 is 0 Å². The van der Waals surface area contributed by atoms with Crippen LogP contribution in [0.3, 0.4) is 0 Å². The Kier molecular flexibility index (Phi) is 3.19. The van der Waals surface area contributed by atoms with Crippen LogP contribution in [-0.2, 0) is 14.4 Å². The molecule has 1 aromatic heterocycles. The monoisotopic (exact) mass is 286 g/mol. The minimum Gasteiger partial charge on any atom is -0.317 e. The van der Waals surface area contributed by atoms with Gasteiger partial charge in [-0.2, -0.15) is 0 Å². The van der Waals surface area contributed by atoms with Crippen LogP contribution in [0.15, 0.2) is 36.4 Å². The van der Waals surface area contributed by atoms with Crippen LogP contribution >= 0.6 is 0 Å². The van der Waals surface area contributed by atoms with Crippen molar-refractivity contribution in [1.29, 1.82) is 0 Å². The number of amides is 2. The maximum atomic E-state index is 11.7. The number of benzene rings is 1. The molecule has 1 aliphatic heterocycles. The smallest absolute Gasteiger partial charge is 0.317 e. The number of hydrogen-bond acceptors (Lipinski definition) is 6. The van der Waals surface area contributed by atoms with Gasteiger partial charge in [-0.05, 0) is 17.3 Å². The lowest BCUT2D eigenvalue weighted by molar-refractivity contribution is -0.146. The van der Waals surface area contributed by atoms with Crippen LogP contribution in [-0.4, -0.2) is 44.4 Å². The fraction of sp³-hybridized carbons (Fsp3) is 0.154. The lowest BCUT2D eigenvalue weighted by Gasteiger charge is -2.12. The molecular formula is C13H10N4O4. The van der Waals surface area contributed by atoms with E-state index in [1.54, 1.807) is 24.3 Å². The zero-order chi connectivity index (χ0) is 14.8. The van der Waals surface area contributed by atoms with Crippen molar-refractivity contribution in [2.45, 2.75) is 6.42 Å². The quantitative estimate of drug-likeness (QED) is 0.566. The first-order valence-corrected chi connectivity index (χ1v) is 6.20. The van der Waals surface area contributed by atoms with Crippen molar-refractivity contribution in [1.82, 2.24) is 20.1 Å². The second kappa shape index (κ2) is 5.16. The molecule has 0 radical (unpaired) electrons. The average Bonchev–Trinajstić information content (AvgIpc) is 3.02. The van der Waals surface area contributed by atoms with E-state index in [9.17, 15) is 14.4 Å². The molecule has 0 unspecified atom stereocenters. The molecule has 0 fully saturated rings. The highest BCUT2D eigenvalue weighted by Crippen LogP contribution is 2.09. The number of carbonyl (C=O) groups is 3. The highest BCUT2D eigenvalue weighted by molar-refractivity contribution is 6.13. The van der Waals surface area contributed by atoms with Gasteiger partial charge in [0.05, 0.1) is 6.42 Å². The van der Waals surface area contributed by atoms with E-state index in [-0.39, 0.29) is 13.0 Å². The second-order valence-electron chi connectivity index (χ2n) is 4.33. The van der Waals surface area contributed by atoms with Crippen molar-refractivity contribution in [2.75, 3.05) is 6.54 Å². The molecule has 21 heavy (non-hydrogen) atoms. The van der Waals surface area contributed by atoms with Crippen molar-refractivity contribution < 1.29 is 19.2 Å². The van der Waals surface area contributed by atoms with Crippen molar-refractivity contribution in [3.63, 3.8) is 0 Å². The molecule has 0 aliphatic carbocycles. The standard InChI is InChI=1S/C13H10N4O4/c18-11-5-6-12(19)16(11)8-7-13(20)21-17-10-4-2-1-3-9(10)14-15-17/h1-6H,7-8H2. The third-order valence-electron chi connectivity index (χ3n) is 2.95. The fourth-order valence-electron chi connectivity index (χ4n) is 1.91. The molecule has 1 aromatic carbocycles. The number of aromatic nitrogens is 3. The molecule has 2 heterocycles. The fourth-order valence-corrected chi connectivity index (χ4v) is 1.91. The van der Waals surface area contributed by atoms with Crippen molar-refractivity contribution in [2.24, 2.45) is 0 Å². The normalized spacial score (nSPS) is 14.2. The lowest BCUT2D eigenvalue weighted by Crippen LogP contribution is -2.33. The van der Waals surface area contributed by atoms with Crippen LogP contribution < -0.4 is 4.84 Å². The highest BCUT2D eigenvalue weighted by atomic mass is 16.7. The van der Waals surface area contributed by atoms with Gasteiger partial charge < -0.3 is 4.84 Å². The summed E-state index contributed by atoms with van der Waals surface area (Å²) in [6, 6.07) is 7.00. The van der Waals surface area contributed by atoms with Gasteiger partial charge in [0.2, 0.25) is 0 Å². The molecular weight excluding hydrogens is 276 g/mol. The molecule has 1 aliphatic rings. The SMILES string of the molecule is O=C(CCN1C(=O)C=CC1=O)On1nnc2ccccc21. The Morgan fingerprint density at radius 3 is 2.62 bits per heavy atom. The average molecular weight is 286 g/mol. The number of nitrogens with zero attached hydrogens (tertiary/aromatic N) is 4. The number of para-hydroxylation sites is 1. The Balaban J connectivity index is 1.62. The van der Waals surface area contributed by atoms with E-state index in [0.29, 0.717) is 11.0 Å². The first kappa shape index (κ1) is 13.0. The van der Waals surface area contributed by atoms with Crippen LogP contribution in [0.5, 0.6) is 0 Å². The molecule has 0 saturated heterocycles. The Bertz CT molecular complexity index is 746. The van der Waals surface area contributed by atoms with E-state index in [2.05, 4.69) is 10.3 Å². The van der Waals surface area contributed by atoms with Gasteiger partial charge in [-0.25, -0.2) is 4.79 Å². The van der Waals surface area contributed by atoms with Crippen LogP contribution in [0.1, 0.15) is 6.42 Å². The Morgan fingerprint density at radius 1 is 1.14 bits per heavy atom. The summed E-state index contributed by atoms with van der Waals surface area (Å²) in [7, 11) is 0. The summed E-state index contributed by atoms with van der Waals surface area (Å²) in [5, 5.41) is 7.55. The van der Waals surface area contributed by atoms with Crippen molar-refractivity contribution in [3.8, 4) is 0 Å². The number of hydrogen-bond donors (Lipinski definition) is 0. The number of carbonyl (C=O) groups excluding carboxylic acids is 3. The van der Waals surface area contributed by atoms with E-state index in [0.717, 1.165) is 9.75 Å². The van der Waals surface area contributed by atoms with Gasteiger partial charge in [-0.3, -0.25) is 14.5 Å². The van der Waals surface area contributed by atoms with Gasteiger partial charge >= 0.3 is 5.97 Å². The van der Waals surface area contributed by atoms with Crippen LogP contribution in [0.2, 0.25) is 0 Å². The molecule has 8 heteroatoms. The molecule has 3 rings (SSSR count). The van der Waals surface area contributed by atoms with Crippen LogP contribution in [0.4, 0.5) is 0 Å². The molecule has 0 N–H and O–H groups in total. The molecule has 0 atom stereocenters. The number of fused-ring (bicyclic) bond motifs is 1. The minimum atomic E-state index is -0.613. The third-order valence-corrected chi connectivity index (χ3v) is 2.95. The van der Waals surface area contributed by atoms with E-state index in [1.807, 2.05) is 0 Å². The Hall–Kier alpha value is -3.03. The second-order valence-corrected chi connectivity index (χ2v) is 4.33. The summed E-state index contributed by atoms with van der Waals surface area (Å²) in [6.07, 6.45) is 2.21. The lowest BCUT2D eigenvalue weighted by atomic mass is 10.3. The number of rotatable bonds is 4. The summed E-state index contributed by atoms with van der Waals surface area (Å²) in [5.74, 6) is -1.48. The van der Waals surface area contributed by atoms with Gasteiger partial charge in [0.15, 0.2) is 0 Å². The zero-order valence-electron chi connectivity index (χ0n) is 10.8. The van der Waals surface area contributed by atoms with Gasteiger partial charge in [0.25, 0.3) is 11.8 Å². The van der Waals surface area contributed by atoms with Gasteiger partial charge in [0.1, 0.15) is 11.0 Å². The third kappa shape index (κ3) is 2.50. The summed E-state index contributed by atoms with van der Waals surface area (Å²) in [5.41, 5.74) is 1.15. The van der Waals surface area contributed by atoms with Crippen LogP contribution in [0, 0.1) is 0 Å². The Labute approximate surface area is 118 Å². The molecule has 0 spiro atoms. The molecule has 8 nitrogen and oxygen atoms in total. The molecule has 0 saturated carbocycles. The summed E-state index contributed by atoms with van der Waals surface area (Å²) >= 11 is 0. The summed E-state index contributed by atoms with van der Waals surface area (Å²) < 4.78 is 0. The topological polar surface area (TPSA) is 94.4 Å². The number of imide groups is 1. The maximum absolute atomic E-state index is 11.7. The molecule has 106 valence electrons. The summed E-state index contributed by atoms with van der Waals surface area (Å²) in [4.78, 5) is 41.4. The first-order chi connectivity index (χ1) is 10.1. The van der Waals surface area contributed by atoms with Gasteiger partial charge in [-0.1, -0.05) is 17.0 Å². The highest BCUT2D eigenvalue weighted by Gasteiger charge is 2.24. The van der Waals surface area contributed by atoms with Crippen molar-refractivity contribution in [3.05, 3.63) is 36.4 Å². The predicted octanol–water partition coefficient (Wildman–Crippen LogP) is -0.298. The predicted molar refractivity (Wildman–Crippen MR) is 69.6 cm³/mol. The van der Waals surface area contributed by atoms with Gasteiger partial charge in [-0.15, -0.1) is 5.10 Å². The maximum Gasteiger partial charge on any atom is 0.336 e. The minimum absolute atomic E-state index is 0.0316. The van der Waals surface area contributed by atoms with E-state index < -0.39 is 17.8 Å². The molecule has 0 bridgehead atoms. The first-order valence-electron chi connectivity index (χ1n) is 6.20. The Morgan fingerprint density at radius 2 is 1.86 bits per heavy atom. The zero-order valence-corrected chi connectivity index (χ0v) is 10.8. The van der Waals surface area contributed by atoms with E-state index in [1.165, 1.54) is 12.2 Å². The molecule has 2 aromatic rings. The van der Waals surface area contributed by atoms with Gasteiger partial charge in [0, 0.05) is 18.7 Å². The summed E-state index contributed by atoms with van der Waals surface area (Å²) in [6.45, 7) is -0.0316. The largest absolute Gasteiger partial charge is 0.336 e. The van der Waals surface area contributed by atoms with Crippen LogP contribution in [0.25, 0.3) is 11.0 Å².